The third-order valence-electron chi connectivity index (χ3n) is 4.25. The number of hydrogen-bond donors (Lipinski definition) is 2. The van der Waals surface area contributed by atoms with E-state index in [0.717, 1.165) is 6.42 Å². The molecule has 1 aliphatic heterocycles. The Balaban J connectivity index is 2.09. The molecule has 24 heavy (non-hydrogen) atoms. The maximum atomic E-state index is 12.5. The van der Waals surface area contributed by atoms with Gasteiger partial charge in [-0.3, -0.25) is 4.99 Å². The lowest BCUT2D eigenvalue weighted by Crippen LogP contribution is -2.49. The van der Waals surface area contributed by atoms with Crippen molar-refractivity contribution in [3.05, 3.63) is 18.7 Å². The lowest BCUT2D eigenvalue weighted by molar-refractivity contribution is -0.199. The molecule has 2 heterocycles. The topological polar surface area (TPSA) is 65.7 Å². The van der Waals surface area contributed by atoms with Gasteiger partial charge in [-0.2, -0.15) is 13.2 Å². The zero-order valence-electron chi connectivity index (χ0n) is 13.9. The smallest absolute Gasteiger partial charge is 0.382 e. The van der Waals surface area contributed by atoms with Crippen molar-refractivity contribution in [1.82, 2.24) is 19.8 Å². The number of alkyl halides is 3. The van der Waals surface area contributed by atoms with Crippen LogP contribution < -0.4 is 5.32 Å². The van der Waals surface area contributed by atoms with Crippen LogP contribution in [0.15, 0.2) is 23.7 Å². The Morgan fingerprint density at radius 3 is 2.83 bits per heavy atom. The Morgan fingerprint density at radius 2 is 2.25 bits per heavy atom. The van der Waals surface area contributed by atoms with E-state index in [1.165, 1.54) is 0 Å². The first-order valence-corrected chi connectivity index (χ1v) is 8.08. The molecule has 0 radical (unpaired) electrons. The van der Waals surface area contributed by atoms with Gasteiger partial charge in [0.05, 0.1) is 18.9 Å². The van der Waals surface area contributed by atoms with E-state index in [1.807, 2.05) is 22.6 Å². The second-order valence-electron chi connectivity index (χ2n) is 6.04. The predicted molar refractivity (Wildman–Crippen MR) is 84.7 cm³/mol. The highest BCUT2D eigenvalue weighted by molar-refractivity contribution is 5.80. The molecule has 0 spiro atoms. The van der Waals surface area contributed by atoms with Crippen LogP contribution in [-0.2, 0) is 0 Å². The number of halogens is 3. The number of aliphatic hydroxyl groups is 1. The molecule has 136 valence electrons. The van der Waals surface area contributed by atoms with Gasteiger partial charge in [-0.15, -0.1) is 0 Å². The summed E-state index contributed by atoms with van der Waals surface area (Å²) in [5, 5.41) is 12.2. The highest BCUT2D eigenvalue weighted by atomic mass is 19.4. The van der Waals surface area contributed by atoms with E-state index in [9.17, 15) is 13.2 Å². The Hall–Kier alpha value is -1.77. The van der Waals surface area contributed by atoms with E-state index in [0.29, 0.717) is 31.5 Å². The van der Waals surface area contributed by atoms with Crippen LogP contribution in [0, 0.1) is 5.92 Å². The lowest BCUT2D eigenvalue weighted by atomic mass is 9.93. The van der Waals surface area contributed by atoms with Crippen LogP contribution in [0.2, 0.25) is 0 Å². The van der Waals surface area contributed by atoms with E-state index in [-0.39, 0.29) is 6.04 Å². The number of aliphatic imine (C=N–C) groups is 1. The number of nitrogens with zero attached hydrogens (tertiary/aromatic N) is 4. The van der Waals surface area contributed by atoms with Crippen LogP contribution in [0.1, 0.15) is 26.3 Å². The van der Waals surface area contributed by atoms with E-state index in [4.69, 9.17) is 5.11 Å². The van der Waals surface area contributed by atoms with Gasteiger partial charge in [0.15, 0.2) is 12.1 Å². The van der Waals surface area contributed by atoms with Crippen LogP contribution >= 0.6 is 0 Å². The minimum absolute atomic E-state index is 0.178. The standard InChI is InChI=1S/C15H24F3N5O/c1-3-20-14(21-8-13(24)15(16,17)18)22-6-4-11(2)12(9-22)23-7-5-19-10-23/h5,7,10-13,24H,3-4,6,8-9H2,1-2H3,(H,20,21). The number of guanidine groups is 1. The number of piperidine rings is 1. The van der Waals surface area contributed by atoms with E-state index >= 15 is 0 Å². The Morgan fingerprint density at radius 1 is 1.50 bits per heavy atom. The Bertz CT molecular complexity index is 532. The molecule has 3 unspecified atom stereocenters. The predicted octanol–water partition coefficient (Wildman–Crippen LogP) is 1.65. The molecule has 1 aromatic heterocycles. The quantitative estimate of drug-likeness (QED) is 0.642. The molecule has 3 atom stereocenters. The zero-order chi connectivity index (χ0) is 17.7. The molecule has 0 aliphatic carbocycles. The van der Waals surface area contributed by atoms with Gasteiger partial charge in [0, 0.05) is 32.0 Å². The zero-order valence-corrected chi connectivity index (χ0v) is 13.9. The maximum absolute atomic E-state index is 12.5. The molecule has 1 fully saturated rings. The molecular weight excluding hydrogens is 323 g/mol. The average Bonchev–Trinajstić information content (AvgIpc) is 3.05. The molecule has 6 nitrogen and oxygen atoms in total. The van der Waals surface area contributed by atoms with Crippen molar-refractivity contribution in [3.63, 3.8) is 0 Å². The third kappa shape index (κ3) is 4.62. The fourth-order valence-corrected chi connectivity index (χ4v) is 2.80. The summed E-state index contributed by atoms with van der Waals surface area (Å²) in [6.07, 6.45) is -0.847. The summed E-state index contributed by atoms with van der Waals surface area (Å²) in [5.41, 5.74) is 0. The highest BCUT2D eigenvalue weighted by Gasteiger charge is 2.38. The van der Waals surface area contributed by atoms with Crippen LogP contribution in [0.4, 0.5) is 13.2 Å². The molecule has 2 rings (SSSR count). The third-order valence-corrected chi connectivity index (χ3v) is 4.25. The molecule has 9 heteroatoms. The molecule has 0 aromatic carbocycles. The van der Waals surface area contributed by atoms with Gasteiger partial charge in [-0.25, -0.2) is 4.98 Å². The van der Waals surface area contributed by atoms with Gasteiger partial charge in [-0.05, 0) is 19.3 Å². The van der Waals surface area contributed by atoms with Crippen molar-refractivity contribution in [3.8, 4) is 0 Å². The van der Waals surface area contributed by atoms with E-state index < -0.39 is 18.8 Å². The number of hydrogen-bond acceptors (Lipinski definition) is 3. The first kappa shape index (κ1) is 18.6. The monoisotopic (exact) mass is 347 g/mol. The molecule has 2 N–H and O–H groups in total. The van der Waals surface area contributed by atoms with Crippen LogP contribution in [0.5, 0.6) is 0 Å². The number of rotatable bonds is 4. The maximum Gasteiger partial charge on any atom is 0.416 e. The molecule has 1 saturated heterocycles. The largest absolute Gasteiger partial charge is 0.416 e. The Kier molecular flexibility index (Phi) is 6.09. The van der Waals surface area contributed by atoms with Gasteiger partial charge in [0.1, 0.15) is 0 Å². The van der Waals surface area contributed by atoms with Gasteiger partial charge in [0.2, 0.25) is 0 Å². The first-order chi connectivity index (χ1) is 11.3. The fraction of sp³-hybridized carbons (Fsp3) is 0.733. The van der Waals surface area contributed by atoms with Gasteiger partial charge < -0.3 is 19.9 Å². The van der Waals surface area contributed by atoms with Gasteiger partial charge in [0.25, 0.3) is 0 Å². The van der Waals surface area contributed by atoms with E-state index in [2.05, 4.69) is 22.2 Å². The van der Waals surface area contributed by atoms with Crippen molar-refractivity contribution >= 4 is 5.96 Å². The lowest BCUT2D eigenvalue weighted by Gasteiger charge is -2.39. The van der Waals surface area contributed by atoms with Crippen LogP contribution in [-0.4, -0.2) is 64.0 Å². The second kappa shape index (κ2) is 7.87. The van der Waals surface area contributed by atoms with Crippen molar-refractivity contribution in [2.24, 2.45) is 10.9 Å². The van der Waals surface area contributed by atoms with E-state index in [1.54, 1.807) is 12.5 Å². The summed E-state index contributed by atoms with van der Waals surface area (Å²) in [5.74, 6) is 0.830. The summed E-state index contributed by atoms with van der Waals surface area (Å²) in [6.45, 7) is 5.19. The molecule has 1 aliphatic rings. The minimum atomic E-state index is -4.66. The normalized spacial score (nSPS) is 24.1. The summed E-state index contributed by atoms with van der Waals surface area (Å²) >= 11 is 0. The number of likely N-dealkylation sites (tertiary alicyclic amines) is 1. The molecule has 0 amide bonds. The average molecular weight is 347 g/mol. The van der Waals surface area contributed by atoms with Crippen LogP contribution in [0.3, 0.4) is 0 Å². The summed E-state index contributed by atoms with van der Waals surface area (Å²) in [7, 11) is 0. The summed E-state index contributed by atoms with van der Waals surface area (Å²) in [4.78, 5) is 9.99. The Labute approximate surface area is 139 Å². The van der Waals surface area contributed by atoms with Crippen molar-refractivity contribution in [2.45, 2.75) is 38.6 Å². The van der Waals surface area contributed by atoms with Gasteiger partial charge in [-0.1, -0.05) is 6.92 Å². The number of aromatic nitrogens is 2. The molecule has 0 bridgehead atoms. The number of imidazole rings is 1. The second-order valence-corrected chi connectivity index (χ2v) is 6.04. The van der Waals surface area contributed by atoms with Crippen molar-refractivity contribution in [2.75, 3.05) is 26.2 Å². The number of nitrogens with one attached hydrogen (secondary N) is 1. The highest BCUT2D eigenvalue weighted by Crippen LogP contribution is 2.27. The first-order valence-electron chi connectivity index (χ1n) is 8.08. The minimum Gasteiger partial charge on any atom is -0.382 e. The molecule has 1 aromatic rings. The number of aliphatic hydroxyl groups excluding tert-OH is 1. The van der Waals surface area contributed by atoms with Crippen molar-refractivity contribution in [1.29, 1.82) is 0 Å². The fourth-order valence-electron chi connectivity index (χ4n) is 2.80. The summed E-state index contributed by atoms with van der Waals surface area (Å²) in [6, 6.07) is 0.178. The molecule has 0 saturated carbocycles. The molecular formula is C15H24F3N5O. The SMILES string of the molecule is CCNC(=NCC(O)C(F)(F)F)N1CCC(C)C(n2ccnc2)C1. The summed E-state index contributed by atoms with van der Waals surface area (Å²) < 4.78 is 39.4. The van der Waals surface area contributed by atoms with Crippen molar-refractivity contribution < 1.29 is 18.3 Å². The van der Waals surface area contributed by atoms with Crippen LogP contribution in [0.25, 0.3) is 0 Å². The van der Waals surface area contributed by atoms with Gasteiger partial charge >= 0.3 is 6.18 Å².